The van der Waals surface area contributed by atoms with E-state index in [-0.39, 0.29) is 0 Å². The minimum absolute atomic E-state index is 1.28. The molecule has 0 bridgehead atoms. The fourth-order valence-electron chi connectivity index (χ4n) is 0.0745. The van der Waals surface area contributed by atoms with E-state index in [2.05, 4.69) is 9.05 Å². The number of hydrogen-bond donors (Lipinski definition) is 1. The molecule has 0 aliphatic rings. The Morgan fingerprint density at radius 3 is 1.71 bits per heavy atom. The maximum atomic E-state index is 8.56. The summed E-state index contributed by atoms with van der Waals surface area (Å²) in [5.41, 5.74) is 0. The van der Waals surface area contributed by atoms with E-state index in [1.165, 1.54) is 14.2 Å². The quantitative estimate of drug-likeness (QED) is 0.593. The van der Waals surface area contributed by atoms with Crippen LogP contribution in [0.3, 0.4) is 0 Å². The first-order chi connectivity index (χ1) is 3.12. The molecule has 0 unspecified atom stereocenters. The van der Waals surface area contributed by atoms with E-state index in [1.54, 1.807) is 0 Å². The van der Waals surface area contributed by atoms with E-state index in [4.69, 9.17) is 16.1 Å². The minimum Gasteiger partial charge on any atom is -0.178 e. The van der Waals surface area contributed by atoms with Crippen LogP contribution in [-0.4, -0.2) is 19.1 Å². The number of hydrogen-bond acceptors (Lipinski definition) is 3. The molecule has 0 aromatic rings. The van der Waals surface area contributed by atoms with Crippen molar-refractivity contribution in [2.45, 2.75) is 0 Å². The van der Waals surface area contributed by atoms with Crippen LogP contribution in [0.4, 0.5) is 0 Å². The van der Waals surface area contributed by atoms with Gasteiger partial charge in [0.15, 0.2) is 11.2 Å². The van der Waals surface area contributed by atoms with Gasteiger partial charge in [0.2, 0.25) is 0 Å². The summed E-state index contributed by atoms with van der Waals surface area (Å²) in [5, 5.41) is 0. The Bertz CT molecular complexity index is 50.9. The van der Waals surface area contributed by atoms with Gasteiger partial charge >= 0.3 is 7.30 Å². The molecule has 44 valence electrons. The van der Waals surface area contributed by atoms with Crippen molar-refractivity contribution in [1.29, 1.82) is 0 Å². The van der Waals surface area contributed by atoms with Crippen LogP contribution in [0, 0.1) is 0 Å². The lowest BCUT2D eigenvalue weighted by Gasteiger charge is -1.99. The van der Waals surface area contributed by atoms with Crippen molar-refractivity contribution in [2.24, 2.45) is 0 Å². The summed E-state index contributed by atoms with van der Waals surface area (Å²) in [6, 6.07) is 0. The highest BCUT2D eigenvalue weighted by Gasteiger charge is 2.35. The molecule has 0 amide bonds. The van der Waals surface area contributed by atoms with Crippen LogP contribution in [-0.2, 0) is 9.05 Å². The molecule has 0 aliphatic heterocycles. The van der Waals surface area contributed by atoms with Gasteiger partial charge in [-0.1, -0.05) is 0 Å². The third kappa shape index (κ3) is 3.21. The third-order valence-corrected chi connectivity index (χ3v) is 2.18. The second-order valence-electron chi connectivity index (χ2n) is 0.817. The molecule has 0 rings (SSSR count). The normalized spacial score (nSPS) is 12.0. The third-order valence-electron chi connectivity index (χ3n) is 0.450. The van der Waals surface area contributed by atoms with Crippen molar-refractivity contribution in [1.82, 2.24) is 0 Å². The average molecular weight is 146 g/mol. The van der Waals surface area contributed by atoms with Gasteiger partial charge < -0.3 is 0 Å². The van der Waals surface area contributed by atoms with Crippen LogP contribution in [0.1, 0.15) is 0 Å². The lowest BCUT2D eigenvalue weighted by atomic mass is 11.8. The Morgan fingerprint density at radius 1 is 1.43 bits per heavy atom. The average Bonchev–Trinajstić information content (AvgIpc) is 1.68. The van der Waals surface area contributed by atoms with Gasteiger partial charge in [-0.05, 0) is 0 Å². The largest absolute Gasteiger partial charge is 0.521 e. The molecule has 0 radical (unpaired) electrons. The summed E-state index contributed by atoms with van der Waals surface area (Å²) >= 11 is 5.13. The zero-order chi connectivity index (χ0) is 5.91. The maximum Gasteiger partial charge on any atom is 0.521 e. The van der Waals surface area contributed by atoms with Gasteiger partial charge in [-0.15, -0.1) is 0 Å². The minimum atomic E-state index is -2.93. The van der Waals surface area contributed by atoms with Crippen molar-refractivity contribution < 1.29 is 13.9 Å². The van der Waals surface area contributed by atoms with E-state index in [1.807, 2.05) is 0 Å². The molecular formula is C2H7ClO3P+. The molecule has 0 fully saturated rings. The summed E-state index contributed by atoms with van der Waals surface area (Å²) in [6.07, 6.45) is 0. The first-order valence-electron chi connectivity index (χ1n) is 1.55. The maximum absolute atomic E-state index is 8.56. The van der Waals surface area contributed by atoms with Gasteiger partial charge in [0.1, 0.15) is 0 Å². The fourth-order valence-corrected chi connectivity index (χ4v) is 0.224. The van der Waals surface area contributed by atoms with Crippen molar-refractivity contribution >= 4 is 18.5 Å². The number of rotatable bonds is 2. The standard InChI is InChI=1S/C2H7ClO3P/c1-5-7(3,4)6-2/h4H,1-2H3/q+1. The lowest BCUT2D eigenvalue weighted by Crippen LogP contribution is -1.86. The van der Waals surface area contributed by atoms with E-state index < -0.39 is 7.30 Å². The van der Waals surface area contributed by atoms with Gasteiger partial charge in [0.25, 0.3) is 0 Å². The van der Waals surface area contributed by atoms with Crippen molar-refractivity contribution in [3.05, 3.63) is 0 Å². The van der Waals surface area contributed by atoms with Crippen molar-refractivity contribution in [3.63, 3.8) is 0 Å². The van der Waals surface area contributed by atoms with Crippen molar-refractivity contribution in [3.8, 4) is 0 Å². The first-order valence-corrected chi connectivity index (χ1v) is 4.03. The first kappa shape index (κ1) is 7.60. The Kier molecular flexibility index (Phi) is 3.04. The zero-order valence-corrected chi connectivity index (χ0v) is 5.74. The van der Waals surface area contributed by atoms with Gasteiger partial charge in [0.05, 0.1) is 14.2 Å². The topological polar surface area (TPSA) is 38.7 Å². The van der Waals surface area contributed by atoms with Gasteiger partial charge in [0, 0.05) is 0 Å². The van der Waals surface area contributed by atoms with Crippen LogP contribution in [0.2, 0.25) is 0 Å². The molecular weight excluding hydrogens is 138 g/mol. The molecule has 0 aromatic heterocycles. The molecule has 1 N–H and O–H groups in total. The second-order valence-corrected chi connectivity index (χ2v) is 3.73. The fraction of sp³-hybridized carbons (Fsp3) is 1.00. The van der Waals surface area contributed by atoms with Crippen LogP contribution >= 0.6 is 18.5 Å². The van der Waals surface area contributed by atoms with E-state index in [0.717, 1.165) is 0 Å². The van der Waals surface area contributed by atoms with Crippen LogP contribution < -0.4 is 0 Å². The molecule has 0 atom stereocenters. The number of halogens is 1. The van der Waals surface area contributed by atoms with E-state index in [0.29, 0.717) is 0 Å². The molecule has 0 saturated carbocycles. The monoisotopic (exact) mass is 145 g/mol. The van der Waals surface area contributed by atoms with Gasteiger partial charge in [-0.25, -0.2) is 0 Å². The summed E-state index contributed by atoms with van der Waals surface area (Å²) in [4.78, 5) is 8.56. The highest BCUT2D eigenvalue weighted by atomic mass is 35.7. The van der Waals surface area contributed by atoms with Gasteiger partial charge in [-0.3, -0.25) is 0 Å². The molecule has 5 heteroatoms. The summed E-state index contributed by atoms with van der Waals surface area (Å²) in [7, 11) is -0.368. The molecule has 3 nitrogen and oxygen atoms in total. The summed E-state index contributed by atoms with van der Waals surface area (Å²) in [5.74, 6) is 0. The van der Waals surface area contributed by atoms with E-state index in [9.17, 15) is 0 Å². The van der Waals surface area contributed by atoms with Crippen molar-refractivity contribution in [2.75, 3.05) is 14.2 Å². The summed E-state index contributed by atoms with van der Waals surface area (Å²) in [6.45, 7) is 0. The molecule has 0 spiro atoms. The highest BCUT2D eigenvalue weighted by molar-refractivity contribution is 7.86. The summed E-state index contributed by atoms with van der Waals surface area (Å²) < 4.78 is 8.59. The zero-order valence-electron chi connectivity index (χ0n) is 4.09. The predicted octanol–water partition coefficient (Wildman–Crippen LogP) is 1.19. The van der Waals surface area contributed by atoms with Crippen LogP contribution in [0.25, 0.3) is 0 Å². The molecule has 7 heavy (non-hydrogen) atoms. The van der Waals surface area contributed by atoms with Crippen LogP contribution in [0.15, 0.2) is 0 Å². The van der Waals surface area contributed by atoms with Gasteiger partial charge in [-0.2, -0.15) is 13.9 Å². The smallest absolute Gasteiger partial charge is 0.178 e. The highest BCUT2D eigenvalue weighted by Crippen LogP contribution is 2.60. The molecule has 0 aliphatic carbocycles. The Hall–Kier alpha value is 0.600. The second kappa shape index (κ2) is 2.80. The van der Waals surface area contributed by atoms with E-state index >= 15 is 0 Å². The predicted molar refractivity (Wildman–Crippen MR) is 29.0 cm³/mol. The lowest BCUT2D eigenvalue weighted by molar-refractivity contribution is 0.261. The molecule has 0 heterocycles. The Labute approximate surface area is 47.6 Å². The Morgan fingerprint density at radius 2 is 1.71 bits per heavy atom. The SMILES string of the molecule is CO[P+](O)(Cl)OC. The van der Waals surface area contributed by atoms with Crippen LogP contribution in [0.5, 0.6) is 0 Å². The molecule has 0 aromatic carbocycles. The Balaban J connectivity index is 3.36. The molecule has 0 saturated heterocycles.